The molecule has 1 atom stereocenters. The molecule has 0 saturated heterocycles. The standard InChI is InChI=1S/C12H15BrF3N/c1-9(13)7-17(2)8-10-4-3-5-11(6-10)12(14,15)16/h3-6,9H,7-8H2,1-2H3. The predicted octanol–water partition coefficient (Wildman–Crippen LogP) is 3.92. The molecular weight excluding hydrogens is 295 g/mol. The van der Waals surface area contributed by atoms with E-state index in [0.29, 0.717) is 16.9 Å². The van der Waals surface area contributed by atoms with Gasteiger partial charge in [-0.05, 0) is 18.7 Å². The second-order valence-corrected chi connectivity index (χ2v) is 5.74. The van der Waals surface area contributed by atoms with Crippen LogP contribution in [-0.4, -0.2) is 23.3 Å². The summed E-state index contributed by atoms with van der Waals surface area (Å²) in [5.41, 5.74) is 0.0887. The third kappa shape index (κ3) is 5.08. The average molecular weight is 310 g/mol. The van der Waals surface area contributed by atoms with Gasteiger partial charge in [-0.3, -0.25) is 0 Å². The van der Waals surface area contributed by atoms with E-state index in [1.807, 2.05) is 18.9 Å². The maximum absolute atomic E-state index is 12.5. The van der Waals surface area contributed by atoms with Gasteiger partial charge in [-0.2, -0.15) is 13.2 Å². The number of hydrogen-bond donors (Lipinski definition) is 0. The van der Waals surface area contributed by atoms with Crippen molar-refractivity contribution in [1.82, 2.24) is 4.90 Å². The summed E-state index contributed by atoms with van der Waals surface area (Å²) < 4.78 is 37.5. The van der Waals surface area contributed by atoms with Crippen LogP contribution in [0.4, 0.5) is 13.2 Å². The fraction of sp³-hybridized carbons (Fsp3) is 0.500. The monoisotopic (exact) mass is 309 g/mol. The van der Waals surface area contributed by atoms with E-state index in [-0.39, 0.29) is 0 Å². The van der Waals surface area contributed by atoms with E-state index in [1.165, 1.54) is 12.1 Å². The summed E-state index contributed by atoms with van der Waals surface area (Å²) in [5, 5.41) is 0. The molecule has 1 aromatic carbocycles. The third-order valence-corrected chi connectivity index (χ3v) is 2.56. The minimum Gasteiger partial charge on any atom is -0.301 e. The highest BCUT2D eigenvalue weighted by Crippen LogP contribution is 2.29. The largest absolute Gasteiger partial charge is 0.416 e. The van der Waals surface area contributed by atoms with Gasteiger partial charge in [0.15, 0.2) is 0 Å². The van der Waals surface area contributed by atoms with E-state index in [1.54, 1.807) is 6.07 Å². The number of halogens is 4. The molecule has 1 unspecified atom stereocenters. The molecule has 0 bridgehead atoms. The van der Waals surface area contributed by atoms with Gasteiger partial charge in [0, 0.05) is 17.9 Å². The van der Waals surface area contributed by atoms with Crippen molar-refractivity contribution in [3.05, 3.63) is 35.4 Å². The smallest absolute Gasteiger partial charge is 0.301 e. The highest BCUT2D eigenvalue weighted by molar-refractivity contribution is 9.09. The Hall–Kier alpha value is -0.550. The van der Waals surface area contributed by atoms with Gasteiger partial charge in [0.1, 0.15) is 0 Å². The van der Waals surface area contributed by atoms with Gasteiger partial charge < -0.3 is 4.90 Å². The second kappa shape index (κ2) is 5.87. The number of alkyl halides is 4. The Bertz CT molecular complexity index is 363. The highest BCUT2D eigenvalue weighted by atomic mass is 79.9. The van der Waals surface area contributed by atoms with E-state index >= 15 is 0 Å². The van der Waals surface area contributed by atoms with E-state index < -0.39 is 11.7 Å². The fourth-order valence-electron chi connectivity index (χ4n) is 1.65. The van der Waals surface area contributed by atoms with Crippen LogP contribution >= 0.6 is 15.9 Å². The Morgan fingerprint density at radius 1 is 1.35 bits per heavy atom. The number of benzene rings is 1. The average Bonchev–Trinajstić information content (AvgIpc) is 2.15. The molecule has 0 amide bonds. The van der Waals surface area contributed by atoms with Gasteiger partial charge in [0.25, 0.3) is 0 Å². The predicted molar refractivity (Wildman–Crippen MR) is 66.2 cm³/mol. The minimum atomic E-state index is -4.27. The normalized spacial score (nSPS) is 14.1. The maximum atomic E-state index is 12.5. The fourth-order valence-corrected chi connectivity index (χ4v) is 2.15. The molecular formula is C12H15BrF3N. The first-order valence-corrected chi connectivity index (χ1v) is 6.19. The van der Waals surface area contributed by atoms with E-state index in [0.717, 1.165) is 12.6 Å². The molecule has 1 aromatic rings. The van der Waals surface area contributed by atoms with Crippen molar-refractivity contribution in [1.29, 1.82) is 0 Å². The Morgan fingerprint density at radius 2 is 2.00 bits per heavy atom. The Balaban J connectivity index is 2.72. The second-order valence-electron chi connectivity index (χ2n) is 4.18. The zero-order chi connectivity index (χ0) is 13.1. The molecule has 0 heterocycles. The molecule has 0 aliphatic rings. The number of hydrogen-bond acceptors (Lipinski definition) is 1. The molecule has 0 spiro atoms. The molecule has 0 saturated carbocycles. The molecule has 0 aliphatic carbocycles. The van der Waals surface area contributed by atoms with Crippen molar-refractivity contribution in [2.45, 2.75) is 24.5 Å². The molecule has 96 valence electrons. The van der Waals surface area contributed by atoms with Crippen molar-refractivity contribution in [2.24, 2.45) is 0 Å². The lowest BCUT2D eigenvalue weighted by atomic mass is 10.1. The van der Waals surface area contributed by atoms with Crippen LogP contribution in [0.25, 0.3) is 0 Å². The van der Waals surface area contributed by atoms with Gasteiger partial charge >= 0.3 is 6.18 Å². The molecule has 1 rings (SSSR count). The first-order valence-electron chi connectivity index (χ1n) is 5.28. The molecule has 0 radical (unpaired) electrons. The zero-order valence-corrected chi connectivity index (χ0v) is 11.3. The third-order valence-electron chi connectivity index (χ3n) is 2.27. The Kier molecular flexibility index (Phi) is 5.01. The maximum Gasteiger partial charge on any atom is 0.416 e. The summed E-state index contributed by atoms with van der Waals surface area (Å²) in [6.45, 7) is 3.30. The molecule has 0 fully saturated rings. The zero-order valence-electron chi connectivity index (χ0n) is 9.76. The summed E-state index contributed by atoms with van der Waals surface area (Å²) in [7, 11) is 1.89. The molecule has 0 aliphatic heterocycles. The summed E-state index contributed by atoms with van der Waals surface area (Å²) in [5.74, 6) is 0. The van der Waals surface area contributed by atoms with E-state index in [2.05, 4.69) is 15.9 Å². The minimum absolute atomic E-state index is 0.318. The van der Waals surface area contributed by atoms with E-state index in [9.17, 15) is 13.2 Å². The van der Waals surface area contributed by atoms with Crippen LogP contribution < -0.4 is 0 Å². The van der Waals surface area contributed by atoms with Crippen LogP contribution in [0.5, 0.6) is 0 Å². The van der Waals surface area contributed by atoms with Crippen LogP contribution in [0.15, 0.2) is 24.3 Å². The van der Waals surface area contributed by atoms with Crippen molar-refractivity contribution in [3.8, 4) is 0 Å². The number of rotatable bonds is 4. The first kappa shape index (κ1) is 14.5. The van der Waals surface area contributed by atoms with Crippen LogP contribution in [-0.2, 0) is 12.7 Å². The van der Waals surface area contributed by atoms with Gasteiger partial charge in [-0.15, -0.1) is 0 Å². The van der Waals surface area contributed by atoms with E-state index in [4.69, 9.17) is 0 Å². The van der Waals surface area contributed by atoms with Gasteiger partial charge in [-0.25, -0.2) is 0 Å². The lowest BCUT2D eigenvalue weighted by Crippen LogP contribution is -2.24. The van der Waals surface area contributed by atoms with Crippen molar-refractivity contribution in [2.75, 3.05) is 13.6 Å². The summed E-state index contributed by atoms with van der Waals surface area (Å²) >= 11 is 3.41. The SMILES string of the molecule is CC(Br)CN(C)Cc1cccc(C(F)(F)F)c1. The molecule has 17 heavy (non-hydrogen) atoms. The van der Waals surface area contributed by atoms with Gasteiger partial charge in [0.2, 0.25) is 0 Å². The lowest BCUT2D eigenvalue weighted by molar-refractivity contribution is -0.137. The van der Waals surface area contributed by atoms with Crippen molar-refractivity contribution >= 4 is 15.9 Å². The van der Waals surface area contributed by atoms with Crippen molar-refractivity contribution in [3.63, 3.8) is 0 Å². The molecule has 0 N–H and O–H groups in total. The summed E-state index contributed by atoms with van der Waals surface area (Å²) in [4.78, 5) is 2.30. The van der Waals surface area contributed by atoms with Crippen molar-refractivity contribution < 1.29 is 13.2 Å². The Morgan fingerprint density at radius 3 is 2.53 bits per heavy atom. The molecule has 5 heteroatoms. The number of nitrogens with zero attached hydrogens (tertiary/aromatic N) is 1. The van der Waals surface area contributed by atoms with Gasteiger partial charge in [-0.1, -0.05) is 41.1 Å². The van der Waals surface area contributed by atoms with Crippen LogP contribution in [0.1, 0.15) is 18.1 Å². The lowest BCUT2D eigenvalue weighted by Gasteiger charge is -2.18. The summed E-state index contributed by atoms with van der Waals surface area (Å²) in [6, 6.07) is 5.46. The van der Waals surface area contributed by atoms with Crippen LogP contribution in [0.3, 0.4) is 0 Å². The quantitative estimate of drug-likeness (QED) is 0.762. The Labute approximate surface area is 108 Å². The molecule has 1 nitrogen and oxygen atoms in total. The summed E-state index contributed by atoms with van der Waals surface area (Å²) in [6.07, 6.45) is -4.27. The molecule has 0 aromatic heterocycles. The highest BCUT2D eigenvalue weighted by Gasteiger charge is 2.30. The first-order chi connectivity index (χ1) is 7.79. The van der Waals surface area contributed by atoms with Gasteiger partial charge in [0.05, 0.1) is 5.56 Å². The van der Waals surface area contributed by atoms with Crippen LogP contribution in [0.2, 0.25) is 0 Å². The van der Waals surface area contributed by atoms with Crippen LogP contribution in [0, 0.1) is 0 Å². The topological polar surface area (TPSA) is 3.24 Å².